The van der Waals surface area contributed by atoms with Crippen molar-refractivity contribution in [2.24, 2.45) is 0 Å². The molecule has 0 bridgehead atoms. The Morgan fingerprint density at radius 1 is 1.24 bits per heavy atom. The summed E-state index contributed by atoms with van der Waals surface area (Å²) in [5, 5.41) is 6.96. The van der Waals surface area contributed by atoms with Crippen molar-refractivity contribution < 1.29 is 0 Å². The largest absolute Gasteiger partial charge is 0.357 e. The van der Waals surface area contributed by atoms with Gasteiger partial charge in [0.15, 0.2) is 0 Å². The van der Waals surface area contributed by atoms with Gasteiger partial charge in [-0.1, -0.05) is 0 Å². The van der Waals surface area contributed by atoms with E-state index >= 15 is 0 Å². The van der Waals surface area contributed by atoms with Gasteiger partial charge in [0.2, 0.25) is 5.95 Å². The van der Waals surface area contributed by atoms with Crippen LogP contribution in [0.15, 0.2) is 25.0 Å². The zero-order chi connectivity index (χ0) is 14.7. The van der Waals surface area contributed by atoms with Crippen molar-refractivity contribution in [1.82, 2.24) is 39.3 Å². The van der Waals surface area contributed by atoms with Gasteiger partial charge in [-0.3, -0.25) is 0 Å². The molecule has 9 heteroatoms. The van der Waals surface area contributed by atoms with Crippen molar-refractivity contribution in [1.29, 1.82) is 0 Å². The molecule has 21 heavy (non-hydrogen) atoms. The molecule has 0 radical (unpaired) electrons. The Hall–Kier alpha value is -2.84. The van der Waals surface area contributed by atoms with Crippen molar-refractivity contribution in [3.05, 3.63) is 36.7 Å². The van der Waals surface area contributed by atoms with Crippen LogP contribution in [0.1, 0.15) is 18.6 Å². The van der Waals surface area contributed by atoms with Crippen LogP contribution in [0, 0.1) is 0 Å². The molecule has 3 heterocycles. The highest BCUT2D eigenvalue weighted by molar-refractivity contribution is 5.27. The van der Waals surface area contributed by atoms with Crippen LogP contribution in [-0.2, 0) is 13.0 Å². The predicted molar refractivity (Wildman–Crippen MR) is 75.0 cm³/mol. The van der Waals surface area contributed by atoms with Gasteiger partial charge in [0, 0.05) is 26.0 Å². The van der Waals surface area contributed by atoms with Crippen molar-refractivity contribution in [2.75, 3.05) is 12.4 Å². The van der Waals surface area contributed by atoms with E-state index in [4.69, 9.17) is 0 Å². The minimum absolute atomic E-state index is 0.427. The lowest BCUT2D eigenvalue weighted by molar-refractivity contribution is 0.695. The average Bonchev–Trinajstić information content (AvgIpc) is 3.18. The van der Waals surface area contributed by atoms with Crippen LogP contribution in [-0.4, -0.2) is 46.3 Å². The molecule has 1 N–H and O–H groups in total. The zero-order valence-electron chi connectivity index (χ0n) is 11.8. The SMILES string of the molecule is CCn1ccnc1Cc1nc(NC)nc(-n2cncn2)n1. The highest BCUT2D eigenvalue weighted by atomic mass is 15.4. The van der Waals surface area contributed by atoms with E-state index in [1.807, 2.05) is 6.20 Å². The van der Waals surface area contributed by atoms with Gasteiger partial charge in [-0.2, -0.15) is 24.7 Å². The Balaban J connectivity index is 1.96. The number of aromatic nitrogens is 8. The van der Waals surface area contributed by atoms with Crippen LogP contribution in [0.5, 0.6) is 0 Å². The van der Waals surface area contributed by atoms with Gasteiger partial charge in [-0.15, -0.1) is 0 Å². The van der Waals surface area contributed by atoms with Crippen molar-refractivity contribution in [2.45, 2.75) is 19.9 Å². The van der Waals surface area contributed by atoms with Gasteiger partial charge in [-0.05, 0) is 6.92 Å². The summed E-state index contributed by atoms with van der Waals surface area (Å²) in [6.07, 6.45) is 7.22. The van der Waals surface area contributed by atoms with E-state index in [0.717, 1.165) is 12.4 Å². The third kappa shape index (κ3) is 2.71. The summed E-state index contributed by atoms with van der Waals surface area (Å²) >= 11 is 0. The fraction of sp³-hybridized carbons (Fsp3) is 0.333. The summed E-state index contributed by atoms with van der Waals surface area (Å²) < 4.78 is 3.55. The summed E-state index contributed by atoms with van der Waals surface area (Å²) in [6, 6.07) is 0. The fourth-order valence-electron chi connectivity index (χ4n) is 1.95. The van der Waals surface area contributed by atoms with Gasteiger partial charge >= 0.3 is 0 Å². The number of anilines is 1. The van der Waals surface area contributed by atoms with E-state index in [-0.39, 0.29) is 0 Å². The van der Waals surface area contributed by atoms with Gasteiger partial charge < -0.3 is 9.88 Å². The third-order valence-corrected chi connectivity index (χ3v) is 2.98. The number of aryl methyl sites for hydroxylation is 1. The van der Waals surface area contributed by atoms with Crippen LogP contribution in [0.3, 0.4) is 0 Å². The molecule has 0 aliphatic rings. The Labute approximate surface area is 121 Å². The van der Waals surface area contributed by atoms with Gasteiger partial charge in [0.1, 0.15) is 24.3 Å². The maximum atomic E-state index is 4.42. The van der Waals surface area contributed by atoms with Gasteiger partial charge in [0.25, 0.3) is 5.95 Å². The molecule has 3 rings (SSSR count). The third-order valence-electron chi connectivity index (χ3n) is 2.98. The lowest BCUT2D eigenvalue weighted by Gasteiger charge is -2.07. The van der Waals surface area contributed by atoms with Crippen LogP contribution >= 0.6 is 0 Å². The number of hydrogen-bond acceptors (Lipinski definition) is 7. The molecule has 0 saturated carbocycles. The van der Waals surface area contributed by atoms with E-state index in [0.29, 0.717) is 24.1 Å². The summed E-state index contributed by atoms with van der Waals surface area (Å²) in [4.78, 5) is 21.3. The monoisotopic (exact) mass is 285 g/mol. The second kappa shape index (κ2) is 5.65. The molecule has 0 spiro atoms. The molecule has 0 aliphatic heterocycles. The maximum absolute atomic E-state index is 4.42. The Morgan fingerprint density at radius 3 is 2.86 bits per heavy atom. The van der Waals surface area contributed by atoms with E-state index in [1.54, 1.807) is 19.6 Å². The minimum atomic E-state index is 0.427. The second-order valence-electron chi connectivity index (χ2n) is 4.27. The molecule has 0 aliphatic carbocycles. The standard InChI is InChI=1S/C12H15N9/c1-3-20-5-4-15-10(20)6-9-17-11(13-2)19-12(18-9)21-8-14-7-16-21/h4-5,7-8H,3,6H2,1-2H3,(H,13,17,18,19). The topological polar surface area (TPSA) is 99.2 Å². The number of imidazole rings is 1. The lowest BCUT2D eigenvalue weighted by Crippen LogP contribution is -2.12. The number of nitrogens with zero attached hydrogens (tertiary/aromatic N) is 8. The maximum Gasteiger partial charge on any atom is 0.257 e. The fourth-order valence-corrected chi connectivity index (χ4v) is 1.95. The first kappa shape index (κ1) is 13.2. The molecule has 0 aromatic carbocycles. The molecular formula is C12H15N9. The smallest absolute Gasteiger partial charge is 0.257 e. The zero-order valence-corrected chi connectivity index (χ0v) is 11.8. The van der Waals surface area contributed by atoms with E-state index in [2.05, 4.69) is 46.8 Å². The number of hydrogen-bond donors (Lipinski definition) is 1. The lowest BCUT2D eigenvalue weighted by atomic mass is 10.3. The molecular weight excluding hydrogens is 270 g/mol. The van der Waals surface area contributed by atoms with Crippen LogP contribution in [0.25, 0.3) is 5.95 Å². The van der Waals surface area contributed by atoms with E-state index in [1.165, 1.54) is 11.0 Å². The second-order valence-corrected chi connectivity index (χ2v) is 4.27. The first-order valence-electron chi connectivity index (χ1n) is 6.58. The molecule has 0 unspecified atom stereocenters. The van der Waals surface area contributed by atoms with E-state index in [9.17, 15) is 0 Å². The molecule has 0 amide bonds. The first-order chi connectivity index (χ1) is 10.3. The molecule has 3 aromatic rings. The van der Waals surface area contributed by atoms with Gasteiger partial charge in [0.05, 0.1) is 6.42 Å². The molecule has 0 saturated heterocycles. The first-order valence-corrected chi connectivity index (χ1v) is 6.58. The minimum Gasteiger partial charge on any atom is -0.357 e. The molecule has 0 fully saturated rings. The summed E-state index contributed by atoms with van der Waals surface area (Å²) in [5.41, 5.74) is 0. The van der Waals surface area contributed by atoms with E-state index < -0.39 is 0 Å². The summed E-state index contributed by atoms with van der Waals surface area (Å²) in [5.74, 6) is 2.45. The Bertz CT molecular complexity index is 716. The molecule has 3 aromatic heterocycles. The Morgan fingerprint density at radius 2 is 2.14 bits per heavy atom. The molecule has 9 nitrogen and oxygen atoms in total. The molecule has 108 valence electrons. The van der Waals surface area contributed by atoms with Crippen molar-refractivity contribution in [3.63, 3.8) is 0 Å². The van der Waals surface area contributed by atoms with Crippen LogP contribution in [0.2, 0.25) is 0 Å². The van der Waals surface area contributed by atoms with Gasteiger partial charge in [-0.25, -0.2) is 9.97 Å². The number of nitrogens with one attached hydrogen (secondary N) is 1. The quantitative estimate of drug-likeness (QED) is 0.719. The van der Waals surface area contributed by atoms with Crippen LogP contribution in [0.4, 0.5) is 5.95 Å². The average molecular weight is 285 g/mol. The van der Waals surface area contributed by atoms with Crippen molar-refractivity contribution in [3.8, 4) is 5.95 Å². The summed E-state index contributed by atoms with van der Waals surface area (Å²) in [6.45, 7) is 2.92. The highest BCUT2D eigenvalue weighted by Crippen LogP contribution is 2.08. The predicted octanol–water partition coefficient (Wildman–Crippen LogP) is 0.301. The summed E-state index contributed by atoms with van der Waals surface area (Å²) in [7, 11) is 1.76. The molecule has 0 atom stereocenters. The highest BCUT2D eigenvalue weighted by Gasteiger charge is 2.11. The van der Waals surface area contributed by atoms with Crippen LogP contribution < -0.4 is 5.32 Å². The van der Waals surface area contributed by atoms with Crippen molar-refractivity contribution >= 4 is 5.95 Å². The normalized spacial score (nSPS) is 10.8. The number of rotatable bonds is 5. The Kier molecular flexibility index (Phi) is 3.54.